The van der Waals surface area contributed by atoms with Gasteiger partial charge in [-0.05, 0) is 48.8 Å². The van der Waals surface area contributed by atoms with Crippen LogP contribution in [0.25, 0.3) is 0 Å². The standard InChI is InChI=1S/C18H35N3O4.Ga/c1-10(2)7-13(19)16(22)20-14(8-11(3)4)17(23)21-15(18(24)25)9-12(5)6;/h10-15H,7-9,19H2,1-6H3,(H,20,22)(H,21,23)(H,24,25);/q;+3/p-3/t13-,14-,15-;/m0./s1. The molecule has 0 spiro atoms. The summed E-state index contributed by atoms with van der Waals surface area (Å²) in [6, 6.07) is -2.99. The molecule has 0 aromatic heterocycles. The summed E-state index contributed by atoms with van der Waals surface area (Å²) in [4.78, 5) is 18.9. The fourth-order valence-corrected chi connectivity index (χ4v) is 2.40. The summed E-state index contributed by atoms with van der Waals surface area (Å²) in [5.74, 6) is -2.28. The first-order chi connectivity index (χ1) is 11.4. The number of hydrogen-bond donors (Lipinski definition) is 1. The van der Waals surface area contributed by atoms with Gasteiger partial charge in [0.15, 0.2) is 0 Å². The van der Waals surface area contributed by atoms with Crippen molar-refractivity contribution in [3.8, 4) is 0 Å². The van der Waals surface area contributed by atoms with E-state index in [1.54, 1.807) is 0 Å². The number of nitrogens with two attached hydrogens (primary N) is 1. The monoisotopic (exact) mass is 423 g/mol. The summed E-state index contributed by atoms with van der Waals surface area (Å²) in [5.41, 5.74) is 5.82. The molecule has 7 nitrogen and oxygen atoms in total. The molecule has 146 valence electrons. The fraction of sp³-hybridized carbons (Fsp3) is 0.833. The van der Waals surface area contributed by atoms with Gasteiger partial charge in [0.05, 0.1) is 18.1 Å². The van der Waals surface area contributed by atoms with Crippen LogP contribution in [0, 0.1) is 17.8 Å². The molecular weight excluding hydrogens is 392 g/mol. The van der Waals surface area contributed by atoms with Crippen molar-refractivity contribution in [1.29, 1.82) is 0 Å². The minimum Gasteiger partial charge on any atom is -0.861 e. The molecule has 0 rings (SSSR count). The van der Waals surface area contributed by atoms with Crippen LogP contribution >= 0.6 is 0 Å². The minimum absolute atomic E-state index is 0. The molecule has 0 fully saturated rings. The average Bonchev–Trinajstić information content (AvgIpc) is 2.43. The first kappa shape index (κ1) is 27.2. The Kier molecular flexibility index (Phi) is 13.8. The minimum atomic E-state index is -1.40. The van der Waals surface area contributed by atoms with Crippen molar-refractivity contribution >= 4 is 37.6 Å². The van der Waals surface area contributed by atoms with Crippen LogP contribution in [0.1, 0.15) is 60.8 Å². The second kappa shape index (κ2) is 13.2. The third-order valence-corrected chi connectivity index (χ3v) is 3.56. The predicted molar refractivity (Wildman–Crippen MR) is 99.5 cm³/mol. The van der Waals surface area contributed by atoms with Gasteiger partial charge in [-0.3, -0.25) is 9.98 Å². The van der Waals surface area contributed by atoms with Crippen LogP contribution in [0.3, 0.4) is 0 Å². The van der Waals surface area contributed by atoms with E-state index in [-0.39, 0.29) is 44.0 Å². The summed E-state index contributed by atoms with van der Waals surface area (Å²) < 4.78 is 0. The van der Waals surface area contributed by atoms with E-state index in [0.29, 0.717) is 12.8 Å². The van der Waals surface area contributed by atoms with Gasteiger partial charge in [0.25, 0.3) is 0 Å². The van der Waals surface area contributed by atoms with Crippen molar-refractivity contribution in [2.24, 2.45) is 33.5 Å². The molecule has 0 heterocycles. The summed E-state index contributed by atoms with van der Waals surface area (Å²) in [7, 11) is 0. The molecule has 0 saturated heterocycles. The molecular formula is C18H32GaN3O4. The zero-order valence-corrected chi connectivity index (χ0v) is 19.2. The summed E-state index contributed by atoms with van der Waals surface area (Å²) >= 11 is 0. The maximum atomic E-state index is 12.4. The Labute approximate surface area is 170 Å². The maximum Gasteiger partial charge on any atom is 3.00 e. The van der Waals surface area contributed by atoms with Crippen molar-refractivity contribution in [2.45, 2.75) is 78.9 Å². The average molecular weight is 424 g/mol. The molecule has 0 amide bonds. The molecule has 26 heavy (non-hydrogen) atoms. The number of hydrogen-bond acceptors (Lipinski definition) is 7. The van der Waals surface area contributed by atoms with E-state index in [2.05, 4.69) is 9.98 Å². The van der Waals surface area contributed by atoms with Crippen molar-refractivity contribution in [3.05, 3.63) is 0 Å². The Morgan fingerprint density at radius 2 is 1.15 bits per heavy atom. The second-order valence-corrected chi connectivity index (χ2v) is 7.78. The molecule has 0 saturated carbocycles. The van der Waals surface area contributed by atoms with E-state index >= 15 is 0 Å². The zero-order chi connectivity index (χ0) is 19.7. The van der Waals surface area contributed by atoms with E-state index < -0.39 is 35.9 Å². The van der Waals surface area contributed by atoms with Crippen LogP contribution in [0.4, 0.5) is 0 Å². The third kappa shape index (κ3) is 11.6. The first-order valence-electron chi connectivity index (χ1n) is 8.89. The smallest absolute Gasteiger partial charge is 0.861 e. The van der Waals surface area contributed by atoms with Crippen LogP contribution in [0.5, 0.6) is 0 Å². The molecule has 0 aliphatic rings. The van der Waals surface area contributed by atoms with Crippen LogP contribution in [-0.2, 0) is 4.79 Å². The normalized spacial score (nSPS) is 16.5. The Morgan fingerprint density at radius 3 is 1.54 bits per heavy atom. The van der Waals surface area contributed by atoms with Gasteiger partial charge in [-0.1, -0.05) is 41.5 Å². The second-order valence-electron chi connectivity index (χ2n) is 7.78. The van der Waals surface area contributed by atoms with Crippen LogP contribution in [-0.4, -0.2) is 55.7 Å². The molecule has 0 radical (unpaired) electrons. The molecule has 0 aliphatic carbocycles. The van der Waals surface area contributed by atoms with Gasteiger partial charge >= 0.3 is 19.8 Å². The number of carbonyl (C=O) groups is 1. The van der Waals surface area contributed by atoms with Gasteiger partial charge < -0.3 is 25.8 Å². The number of aliphatic imine (C=N–C) groups is 2. The SMILES string of the molecule is CC(C)C[C@H](N=C([O-])[C@H](CC(C)C)N=C([O-])[C@@H](N)CC(C)C)C(=O)[O-].[Ga+3]. The number of carboxylic acids is 1. The maximum absolute atomic E-state index is 12.4. The van der Waals surface area contributed by atoms with E-state index in [1.165, 1.54) is 0 Å². The number of carboxylic acid groups (broad SMARTS) is 1. The van der Waals surface area contributed by atoms with Crippen molar-refractivity contribution < 1.29 is 20.1 Å². The number of carbonyl (C=O) groups excluding carboxylic acids is 1. The Hall–Kier alpha value is -0.994. The molecule has 0 aromatic carbocycles. The largest absolute Gasteiger partial charge is 3.00 e. The topological polar surface area (TPSA) is 137 Å². The van der Waals surface area contributed by atoms with Crippen LogP contribution in [0.15, 0.2) is 9.98 Å². The van der Waals surface area contributed by atoms with Gasteiger partial charge in [0.1, 0.15) is 0 Å². The molecule has 0 aliphatic heterocycles. The Balaban J connectivity index is 0. The van der Waals surface area contributed by atoms with E-state index in [4.69, 9.17) is 5.73 Å². The van der Waals surface area contributed by atoms with E-state index in [0.717, 1.165) is 0 Å². The number of rotatable bonds is 11. The van der Waals surface area contributed by atoms with Crippen LogP contribution in [0.2, 0.25) is 0 Å². The molecule has 0 unspecified atom stereocenters. The van der Waals surface area contributed by atoms with Gasteiger partial charge in [-0.15, -0.1) is 0 Å². The first-order valence-corrected chi connectivity index (χ1v) is 8.89. The van der Waals surface area contributed by atoms with Gasteiger partial charge in [-0.25, -0.2) is 0 Å². The summed E-state index contributed by atoms with van der Waals surface area (Å²) in [6.45, 7) is 11.3. The third-order valence-electron chi connectivity index (χ3n) is 3.56. The summed E-state index contributed by atoms with van der Waals surface area (Å²) in [5, 5.41) is 35.8. The van der Waals surface area contributed by atoms with Crippen molar-refractivity contribution in [2.75, 3.05) is 0 Å². The predicted octanol–water partition coefficient (Wildman–Crippen LogP) is -0.924. The molecule has 3 atom stereocenters. The van der Waals surface area contributed by atoms with Gasteiger partial charge in [-0.2, -0.15) is 0 Å². The molecule has 8 heteroatoms. The molecule has 0 aromatic rings. The van der Waals surface area contributed by atoms with Gasteiger partial charge in [0, 0.05) is 6.04 Å². The van der Waals surface area contributed by atoms with Crippen molar-refractivity contribution in [1.82, 2.24) is 0 Å². The number of nitrogens with zero attached hydrogens (tertiary/aromatic N) is 2. The molecule has 0 bridgehead atoms. The van der Waals surface area contributed by atoms with Gasteiger partial charge in [0.2, 0.25) is 0 Å². The summed E-state index contributed by atoms with van der Waals surface area (Å²) in [6.07, 6.45) is 0.976. The Morgan fingerprint density at radius 1 is 0.769 bits per heavy atom. The number of aliphatic carboxylic acids is 1. The van der Waals surface area contributed by atoms with Crippen molar-refractivity contribution in [3.63, 3.8) is 0 Å². The molecule has 2 N–H and O–H groups in total. The zero-order valence-electron chi connectivity index (χ0n) is 16.8. The van der Waals surface area contributed by atoms with E-state index in [1.807, 2.05) is 41.5 Å². The quantitative estimate of drug-likeness (QED) is 0.260. The fourth-order valence-electron chi connectivity index (χ4n) is 2.40. The van der Waals surface area contributed by atoms with Crippen LogP contribution < -0.4 is 21.1 Å². The van der Waals surface area contributed by atoms with E-state index in [9.17, 15) is 20.1 Å². The Bertz CT molecular complexity index is 479.